The second kappa shape index (κ2) is 5.80. The molecule has 0 bridgehead atoms. The largest absolute Gasteiger partial charge is 0.388 e. The van der Waals surface area contributed by atoms with Crippen molar-refractivity contribution in [1.82, 2.24) is 0 Å². The number of rotatable bonds is 5. The van der Waals surface area contributed by atoms with Gasteiger partial charge in [-0.1, -0.05) is 0 Å². The third-order valence-electron chi connectivity index (χ3n) is 3.23. The van der Waals surface area contributed by atoms with Crippen LogP contribution in [0.25, 0.3) is 0 Å². The fraction of sp³-hybridized carbons (Fsp3) is 0.692. The van der Waals surface area contributed by atoms with Gasteiger partial charge in [-0.05, 0) is 56.0 Å². The van der Waals surface area contributed by atoms with Gasteiger partial charge in [-0.3, -0.25) is 0 Å². The van der Waals surface area contributed by atoms with Crippen LogP contribution in [0.15, 0.2) is 11.4 Å². The van der Waals surface area contributed by atoms with Gasteiger partial charge in [0.25, 0.3) is 0 Å². The Morgan fingerprint density at radius 2 is 2.50 bits per heavy atom. The Bertz CT molecular complexity index is 315. The zero-order valence-electron chi connectivity index (χ0n) is 9.82. The Labute approximate surface area is 101 Å². The fourth-order valence-electron chi connectivity index (χ4n) is 2.27. The average molecular weight is 240 g/mol. The first-order chi connectivity index (χ1) is 7.77. The maximum atomic E-state index is 10.0. The molecule has 1 aromatic rings. The summed E-state index contributed by atoms with van der Waals surface area (Å²) in [4.78, 5) is 1.13. The minimum Gasteiger partial charge on any atom is -0.388 e. The number of hydrogen-bond donors (Lipinski definition) is 1. The quantitative estimate of drug-likeness (QED) is 0.854. The SMILES string of the molecule is Cc1ccsc1C(O)CCCC1CCCO1. The highest BCUT2D eigenvalue weighted by molar-refractivity contribution is 7.10. The highest BCUT2D eigenvalue weighted by atomic mass is 32.1. The predicted octanol–water partition coefficient (Wildman–Crippen LogP) is 3.44. The van der Waals surface area contributed by atoms with Crippen LogP contribution in [0.2, 0.25) is 0 Å². The molecule has 1 aliphatic heterocycles. The lowest BCUT2D eigenvalue weighted by atomic mass is 10.0. The molecule has 90 valence electrons. The molecular formula is C13H20O2S. The zero-order valence-corrected chi connectivity index (χ0v) is 10.6. The molecule has 0 radical (unpaired) electrons. The summed E-state index contributed by atoms with van der Waals surface area (Å²) < 4.78 is 5.57. The summed E-state index contributed by atoms with van der Waals surface area (Å²) in [6, 6.07) is 2.07. The number of thiophene rings is 1. The zero-order chi connectivity index (χ0) is 11.4. The Hall–Kier alpha value is -0.380. The van der Waals surface area contributed by atoms with Crippen molar-refractivity contribution in [2.75, 3.05) is 6.61 Å². The molecule has 2 unspecified atom stereocenters. The van der Waals surface area contributed by atoms with E-state index in [-0.39, 0.29) is 6.10 Å². The molecule has 1 N–H and O–H groups in total. The first-order valence-electron chi connectivity index (χ1n) is 6.11. The molecule has 2 nitrogen and oxygen atoms in total. The van der Waals surface area contributed by atoms with Gasteiger partial charge in [-0.2, -0.15) is 0 Å². The van der Waals surface area contributed by atoms with Crippen LogP contribution >= 0.6 is 11.3 Å². The van der Waals surface area contributed by atoms with Crippen LogP contribution in [0.5, 0.6) is 0 Å². The molecule has 0 spiro atoms. The summed E-state index contributed by atoms with van der Waals surface area (Å²) in [5, 5.41) is 12.1. The lowest BCUT2D eigenvalue weighted by Crippen LogP contribution is -2.05. The maximum absolute atomic E-state index is 10.0. The van der Waals surface area contributed by atoms with Crippen molar-refractivity contribution in [2.24, 2.45) is 0 Å². The van der Waals surface area contributed by atoms with Gasteiger partial charge in [0.1, 0.15) is 0 Å². The molecule has 2 rings (SSSR count). The molecule has 2 atom stereocenters. The summed E-state index contributed by atoms with van der Waals surface area (Å²) in [5.41, 5.74) is 1.22. The van der Waals surface area contributed by atoms with E-state index < -0.39 is 0 Å². The molecule has 0 aliphatic carbocycles. The highest BCUT2D eigenvalue weighted by Crippen LogP contribution is 2.28. The Kier molecular flexibility index (Phi) is 4.38. The van der Waals surface area contributed by atoms with E-state index in [1.165, 1.54) is 18.4 Å². The minimum absolute atomic E-state index is 0.276. The Morgan fingerprint density at radius 1 is 1.62 bits per heavy atom. The predicted molar refractivity (Wildman–Crippen MR) is 66.8 cm³/mol. The number of aryl methyl sites for hydroxylation is 1. The number of aliphatic hydroxyl groups excluding tert-OH is 1. The summed E-state index contributed by atoms with van der Waals surface area (Å²) in [6.45, 7) is 2.99. The van der Waals surface area contributed by atoms with E-state index in [0.717, 1.165) is 30.7 Å². The van der Waals surface area contributed by atoms with Crippen molar-refractivity contribution in [2.45, 2.75) is 51.2 Å². The van der Waals surface area contributed by atoms with Crippen molar-refractivity contribution < 1.29 is 9.84 Å². The molecule has 1 aromatic heterocycles. The average Bonchev–Trinajstić information content (AvgIpc) is 2.88. The van der Waals surface area contributed by atoms with Crippen LogP contribution in [-0.4, -0.2) is 17.8 Å². The summed E-state index contributed by atoms with van der Waals surface area (Å²) in [5.74, 6) is 0. The highest BCUT2D eigenvalue weighted by Gasteiger charge is 2.17. The first-order valence-corrected chi connectivity index (χ1v) is 6.99. The van der Waals surface area contributed by atoms with Crippen LogP contribution in [0.1, 0.15) is 48.6 Å². The van der Waals surface area contributed by atoms with E-state index >= 15 is 0 Å². The normalized spacial score (nSPS) is 22.5. The van der Waals surface area contributed by atoms with Crippen molar-refractivity contribution in [3.63, 3.8) is 0 Å². The second-order valence-corrected chi connectivity index (χ2v) is 5.50. The van der Waals surface area contributed by atoms with E-state index in [0.29, 0.717) is 6.10 Å². The van der Waals surface area contributed by atoms with Gasteiger partial charge in [0.2, 0.25) is 0 Å². The van der Waals surface area contributed by atoms with Crippen molar-refractivity contribution >= 4 is 11.3 Å². The molecule has 1 aliphatic rings. The Morgan fingerprint density at radius 3 is 3.12 bits per heavy atom. The third-order valence-corrected chi connectivity index (χ3v) is 4.35. The minimum atomic E-state index is -0.276. The van der Waals surface area contributed by atoms with Gasteiger partial charge >= 0.3 is 0 Å². The smallest absolute Gasteiger partial charge is 0.0884 e. The Balaban J connectivity index is 1.71. The molecule has 16 heavy (non-hydrogen) atoms. The molecule has 3 heteroatoms. The maximum Gasteiger partial charge on any atom is 0.0884 e. The van der Waals surface area contributed by atoms with Crippen LogP contribution in [0.3, 0.4) is 0 Å². The van der Waals surface area contributed by atoms with Gasteiger partial charge in [0.05, 0.1) is 12.2 Å². The second-order valence-electron chi connectivity index (χ2n) is 4.55. The van der Waals surface area contributed by atoms with Crippen LogP contribution in [0.4, 0.5) is 0 Å². The molecule has 1 saturated heterocycles. The first kappa shape index (κ1) is 12.1. The van der Waals surface area contributed by atoms with Gasteiger partial charge in [-0.25, -0.2) is 0 Å². The van der Waals surface area contributed by atoms with Gasteiger partial charge in [-0.15, -0.1) is 11.3 Å². The van der Waals surface area contributed by atoms with E-state index in [1.807, 2.05) is 5.38 Å². The van der Waals surface area contributed by atoms with Gasteiger partial charge in [0, 0.05) is 11.5 Å². The third kappa shape index (κ3) is 3.06. The number of ether oxygens (including phenoxy) is 1. The number of aliphatic hydroxyl groups is 1. The van der Waals surface area contributed by atoms with Crippen molar-refractivity contribution in [3.8, 4) is 0 Å². The van der Waals surface area contributed by atoms with E-state index in [2.05, 4.69) is 13.0 Å². The van der Waals surface area contributed by atoms with Gasteiger partial charge in [0.15, 0.2) is 0 Å². The lowest BCUT2D eigenvalue weighted by Gasteiger charge is -2.12. The van der Waals surface area contributed by atoms with Crippen LogP contribution < -0.4 is 0 Å². The molecule has 1 fully saturated rings. The molecule has 0 aromatic carbocycles. The summed E-state index contributed by atoms with van der Waals surface area (Å²) in [7, 11) is 0. The summed E-state index contributed by atoms with van der Waals surface area (Å²) in [6.07, 6.45) is 5.61. The molecule has 0 saturated carbocycles. The van der Waals surface area contributed by atoms with E-state index in [4.69, 9.17) is 4.74 Å². The lowest BCUT2D eigenvalue weighted by molar-refractivity contribution is 0.0948. The topological polar surface area (TPSA) is 29.5 Å². The van der Waals surface area contributed by atoms with Crippen LogP contribution in [-0.2, 0) is 4.74 Å². The van der Waals surface area contributed by atoms with Gasteiger partial charge < -0.3 is 9.84 Å². The number of hydrogen-bond acceptors (Lipinski definition) is 3. The standard InChI is InChI=1S/C13H20O2S/c1-10-7-9-16-13(10)12(14)6-2-4-11-5-3-8-15-11/h7,9,11-12,14H,2-6,8H2,1H3. The van der Waals surface area contributed by atoms with E-state index in [9.17, 15) is 5.11 Å². The molecule has 0 amide bonds. The van der Waals surface area contributed by atoms with Crippen molar-refractivity contribution in [1.29, 1.82) is 0 Å². The van der Waals surface area contributed by atoms with E-state index in [1.54, 1.807) is 11.3 Å². The molecular weight excluding hydrogens is 220 g/mol. The fourth-order valence-corrected chi connectivity index (χ4v) is 3.22. The van der Waals surface area contributed by atoms with Crippen molar-refractivity contribution in [3.05, 3.63) is 21.9 Å². The summed E-state index contributed by atoms with van der Waals surface area (Å²) >= 11 is 1.66. The molecule has 2 heterocycles. The monoisotopic (exact) mass is 240 g/mol. The van der Waals surface area contributed by atoms with Crippen LogP contribution in [0, 0.1) is 6.92 Å².